The van der Waals surface area contributed by atoms with Crippen LogP contribution in [0.5, 0.6) is 0 Å². The van der Waals surface area contributed by atoms with Crippen molar-refractivity contribution in [3.05, 3.63) is 76.0 Å². The lowest BCUT2D eigenvalue weighted by molar-refractivity contribution is -0.384. The number of rotatable bonds is 6. The maximum absolute atomic E-state index is 13.0. The second kappa shape index (κ2) is 9.35. The number of piperidine rings is 1. The van der Waals surface area contributed by atoms with Crippen molar-refractivity contribution >= 4 is 27.4 Å². The molecule has 1 fully saturated rings. The molecule has 1 aromatic heterocycles. The first-order valence-corrected chi connectivity index (χ1v) is 12.3. The summed E-state index contributed by atoms with van der Waals surface area (Å²) in [6, 6.07) is 14.3. The molecule has 0 bridgehead atoms. The standard InChI is InChI=1S/C23H25N5O5S/c1-16-3-9-21(10-4-16)34(32,33)26-13-11-18(12-14-26)23(29)24-22-15-17(2)25-27(22)19-5-7-20(8-6-19)28(30)31/h3-10,15,18H,11-14H2,1-2H3,(H,24,29). The molecular formula is C23H25N5O5S. The molecule has 3 aromatic rings. The normalized spacial score (nSPS) is 15.2. The Kier molecular flexibility index (Phi) is 6.49. The summed E-state index contributed by atoms with van der Waals surface area (Å²) in [5, 5.41) is 18.2. The highest BCUT2D eigenvalue weighted by Gasteiger charge is 2.32. The summed E-state index contributed by atoms with van der Waals surface area (Å²) < 4.78 is 28.8. The van der Waals surface area contributed by atoms with Crippen LogP contribution < -0.4 is 5.32 Å². The molecule has 0 saturated carbocycles. The predicted molar refractivity (Wildman–Crippen MR) is 126 cm³/mol. The fraction of sp³-hybridized carbons (Fsp3) is 0.304. The fourth-order valence-electron chi connectivity index (χ4n) is 3.95. The van der Waals surface area contributed by atoms with E-state index in [-0.39, 0.29) is 35.5 Å². The minimum absolute atomic E-state index is 0.0365. The molecule has 178 valence electrons. The maximum atomic E-state index is 13.0. The number of amides is 1. The van der Waals surface area contributed by atoms with Crippen LogP contribution in [0.2, 0.25) is 0 Å². The summed E-state index contributed by atoms with van der Waals surface area (Å²) in [5.41, 5.74) is 2.20. The summed E-state index contributed by atoms with van der Waals surface area (Å²) in [6.07, 6.45) is 0.809. The van der Waals surface area contributed by atoms with Gasteiger partial charge in [-0.25, -0.2) is 13.1 Å². The summed E-state index contributed by atoms with van der Waals surface area (Å²) in [6.45, 7) is 4.20. The smallest absolute Gasteiger partial charge is 0.269 e. The lowest BCUT2D eigenvalue weighted by atomic mass is 9.97. The number of aryl methyl sites for hydroxylation is 2. The summed E-state index contributed by atoms with van der Waals surface area (Å²) in [5.74, 6) is -0.105. The number of carbonyl (C=O) groups excluding carboxylic acids is 1. The van der Waals surface area contributed by atoms with Crippen LogP contribution in [-0.2, 0) is 14.8 Å². The van der Waals surface area contributed by atoms with E-state index in [2.05, 4.69) is 10.4 Å². The van der Waals surface area contributed by atoms with Crippen LogP contribution in [0.15, 0.2) is 59.5 Å². The Morgan fingerprint density at radius 1 is 1.06 bits per heavy atom. The van der Waals surface area contributed by atoms with Crippen molar-refractivity contribution in [1.29, 1.82) is 0 Å². The van der Waals surface area contributed by atoms with Crippen molar-refractivity contribution in [2.24, 2.45) is 5.92 Å². The molecule has 1 aliphatic rings. The van der Waals surface area contributed by atoms with Gasteiger partial charge in [0.25, 0.3) is 5.69 Å². The van der Waals surface area contributed by atoms with Gasteiger partial charge in [0.1, 0.15) is 5.82 Å². The van der Waals surface area contributed by atoms with E-state index < -0.39 is 14.9 Å². The number of nitrogens with one attached hydrogen (secondary N) is 1. The van der Waals surface area contributed by atoms with Crippen molar-refractivity contribution in [1.82, 2.24) is 14.1 Å². The third kappa shape index (κ3) is 4.85. The third-order valence-corrected chi connectivity index (χ3v) is 7.78. The molecule has 2 aromatic carbocycles. The molecule has 0 spiro atoms. The van der Waals surface area contributed by atoms with Crippen LogP contribution in [-0.4, -0.2) is 46.4 Å². The van der Waals surface area contributed by atoms with Gasteiger partial charge < -0.3 is 5.32 Å². The molecule has 1 amide bonds. The number of nitrogens with zero attached hydrogens (tertiary/aromatic N) is 4. The van der Waals surface area contributed by atoms with E-state index in [9.17, 15) is 23.3 Å². The van der Waals surface area contributed by atoms with Crippen LogP contribution in [0.25, 0.3) is 5.69 Å². The lowest BCUT2D eigenvalue weighted by Gasteiger charge is -2.30. The Bertz CT molecular complexity index is 1310. The Morgan fingerprint density at radius 2 is 1.68 bits per heavy atom. The number of hydrogen-bond donors (Lipinski definition) is 1. The quantitative estimate of drug-likeness (QED) is 0.423. The Morgan fingerprint density at radius 3 is 2.26 bits per heavy atom. The predicted octanol–water partition coefficient (Wildman–Crippen LogP) is 3.44. The van der Waals surface area contributed by atoms with Gasteiger partial charge in [0.15, 0.2) is 0 Å². The van der Waals surface area contributed by atoms with E-state index in [0.717, 1.165) is 5.56 Å². The number of benzene rings is 2. The Labute approximate surface area is 197 Å². The topological polar surface area (TPSA) is 127 Å². The Hall–Kier alpha value is -3.57. The number of nitro benzene ring substituents is 1. The fourth-order valence-corrected chi connectivity index (χ4v) is 5.42. The zero-order valence-corrected chi connectivity index (χ0v) is 19.7. The van der Waals surface area contributed by atoms with Crippen molar-refractivity contribution in [3.63, 3.8) is 0 Å². The summed E-state index contributed by atoms with van der Waals surface area (Å²) in [7, 11) is -3.60. The second-order valence-corrected chi connectivity index (χ2v) is 10.3. The molecular weight excluding hydrogens is 458 g/mol. The molecule has 4 rings (SSSR count). The molecule has 0 aliphatic carbocycles. The lowest BCUT2D eigenvalue weighted by Crippen LogP contribution is -2.41. The van der Waals surface area contributed by atoms with E-state index in [1.54, 1.807) is 49.4 Å². The monoisotopic (exact) mass is 483 g/mol. The number of anilines is 1. The van der Waals surface area contributed by atoms with E-state index in [0.29, 0.717) is 30.0 Å². The van der Waals surface area contributed by atoms with Crippen molar-refractivity contribution in [3.8, 4) is 5.69 Å². The molecule has 10 nitrogen and oxygen atoms in total. The van der Waals surface area contributed by atoms with E-state index in [1.807, 2.05) is 6.92 Å². The molecule has 1 saturated heterocycles. The highest BCUT2D eigenvalue weighted by Crippen LogP contribution is 2.26. The number of carbonyl (C=O) groups is 1. The largest absolute Gasteiger partial charge is 0.310 e. The molecule has 1 N–H and O–H groups in total. The first-order valence-electron chi connectivity index (χ1n) is 10.8. The van der Waals surface area contributed by atoms with Gasteiger partial charge >= 0.3 is 0 Å². The van der Waals surface area contributed by atoms with Gasteiger partial charge in [-0.1, -0.05) is 17.7 Å². The summed E-state index contributed by atoms with van der Waals surface area (Å²) in [4.78, 5) is 23.6. The maximum Gasteiger partial charge on any atom is 0.269 e. The van der Waals surface area contributed by atoms with Gasteiger partial charge in [-0.2, -0.15) is 9.40 Å². The van der Waals surface area contributed by atoms with E-state index >= 15 is 0 Å². The first kappa shape index (κ1) is 23.6. The van der Waals surface area contributed by atoms with Crippen LogP contribution in [0, 0.1) is 29.9 Å². The molecule has 11 heteroatoms. The van der Waals surface area contributed by atoms with Gasteiger partial charge in [0.2, 0.25) is 15.9 Å². The molecule has 1 aliphatic heterocycles. The highest BCUT2D eigenvalue weighted by atomic mass is 32.2. The number of hydrogen-bond acceptors (Lipinski definition) is 6. The average molecular weight is 484 g/mol. The SMILES string of the molecule is Cc1ccc(S(=O)(=O)N2CCC(C(=O)Nc3cc(C)nn3-c3ccc([N+](=O)[O-])cc3)CC2)cc1. The van der Waals surface area contributed by atoms with Gasteiger partial charge in [0, 0.05) is 37.2 Å². The van der Waals surface area contributed by atoms with E-state index in [1.165, 1.54) is 21.1 Å². The van der Waals surface area contributed by atoms with Gasteiger partial charge in [-0.3, -0.25) is 14.9 Å². The zero-order valence-electron chi connectivity index (χ0n) is 18.8. The van der Waals surface area contributed by atoms with Crippen LogP contribution >= 0.6 is 0 Å². The average Bonchev–Trinajstić information content (AvgIpc) is 3.19. The van der Waals surface area contributed by atoms with Gasteiger partial charge in [0.05, 0.1) is 21.2 Å². The third-order valence-electron chi connectivity index (χ3n) is 5.87. The van der Waals surface area contributed by atoms with Crippen molar-refractivity contribution < 1.29 is 18.1 Å². The molecule has 34 heavy (non-hydrogen) atoms. The number of sulfonamides is 1. The van der Waals surface area contributed by atoms with Gasteiger partial charge in [-0.05, 0) is 51.0 Å². The van der Waals surface area contributed by atoms with Crippen molar-refractivity contribution in [2.45, 2.75) is 31.6 Å². The van der Waals surface area contributed by atoms with E-state index in [4.69, 9.17) is 0 Å². The number of nitro groups is 1. The van der Waals surface area contributed by atoms with Crippen LogP contribution in [0.3, 0.4) is 0 Å². The zero-order chi connectivity index (χ0) is 24.5. The van der Waals surface area contributed by atoms with Crippen LogP contribution in [0.4, 0.5) is 11.5 Å². The van der Waals surface area contributed by atoms with Crippen LogP contribution in [0.1, 0.15) is 24.1 Å². The summed E-state index contributed by atoms with van der Waals surface area (Å²) >= 11 is 0. The number of aromatic nitrogens is 2. The first-order chi connectivity index (χ1) is 16.1. The Balaban J connectivity index is 1.43. The molecule has 0 radical (unpaired) electrons. The minimum atomic E-state index is -3.60. The van der Waals surface area contributed by atoms with Gasteiger partial charge in [-0.15, -0.1) is 0 Å². The molecule has 0 atom stereocenters. The second-order valence-electron chi connectivity index (χ2n) is 8.34. The number of non-ortho nitro benzene ring substituents is 1. The molecule has 2 heterocycles. The minimum Gasteiger partial charge on any atom is -0.310 e. The van der Waals surface area contributed by atoms with Crippen molar-refractivity contribution in [2.75, 3.05) is 18.4 Å². The molecule has 0 unspecified atom stereocenters. The highest BCUT2D eigenvalue weighted by molar-refractivity contribution is 7.89.